The lowest BCUT2D eigenvalue weighted by molar-refractivity contribution is -0.591. The highest BCUT2D eigenvalue weighted by atomic mass is 16.5. The van der Waals surface area contributed by atoms with Gasteiger partial charge < -0.3 is 15.2 Å². The third-order valence-electron chi connectivity index (χ3n) is 2.50. The molecule has 2 rings (SSSR count). The van der Waals surface area contributed by atoms with Crippen LogP contribution in [-0.2, 0) is 0 Å². The predicted molar refractivity (Wildman–Crippen MR) is 72.0 cm³/mol. The maximum atomic E-state index is 11.4. The van der Waals surface area contributed by atoms with Crippen LogP contribution in [0.2, 0.25) is 0 Å². The van der Waals surface area contributed by atoms with E-state index in [-0.39, 0.29) is 11.6 Å². The zero-order valence-corrected chi connectivity index (χ0v) is 10.7. The van der Waals surface area contributed by atoms with Crippen molar-refractivity contribution in [3.63, 3.8) is 0 Å². The van der Waals surface area contributed by atoms with Gasteiger partial charge in [0.1, 0.15) is 11.4 Å². The van der Waals surface area contributed by atoms with Gasteiger partial charge in [0, 0.05) is 26.2 Å². The second kappa shape index (κ2) is 5.34. The van der Waals surface area contributed by atoms with Crippen LogP contribution in [0.25, 0.3) is 0 Å². The van der Waals surface area contributed by atoms with Crippen LogP contribution in [0.5, 0.6) is 5.75 Å². The fourth-order valence-electron chi connectivity index (χ4n) is 1.56. The molecule has 0 fully saturated rings. The molecule has 0 aliphatic rings. The summed E-state index contributed by atoms with van der Waals surface area (Å²) in [6.07, 6.45) is 1.36. The molecule has 0 bridgehead atoms. The van der Waals surface area contributed by atoms with E-state index in [4.69, 9.17) is 0 Å². The molecule has 1 N–H and O–H groups in total. The number of phenols is 1. The largest absolute Gasteiger partial charge is 0.710 e. The topological polar surface area (TPSA) is 75.1 Å². The van der Waals surface area contributed by atoms with Crippen LogP contribution in [-0.4, -0.2) is 19.2 Å². The van der Waals surface area contributed by atoms with Crippen LogP contribution in [0, 0.1) is 5.21 Å². The highest BCUT2D eigenvalue weighted by Crippen LogP contribution is 2.31. The lowest BCUT2D eigenvalue weighted by atomic mass is 10.2. The van der Waals surface area contributed by atoms with Crippen LogP contribution in [0.3, 0.4) is 0 Å². The van der Waals surface area contributed by atoms with Crippen molar-refractivity contribution in [1.82, 2.24) is 0 Å². The molecule has 0 saturated carbocycles. The average Bonchev–Trinajstić information content (AvgIpc) is 2.38. The van der Waals surface area contributed by atoms with E-state index in [2.05, 4.69) is 10.2 Å². The smallest absolute Gasteiger partial charge is 0.353 e. The second-order valence-corrected chi connectivity index (χ2v) is 4.15. The summed E-state index contributed by atoms with van der Waals surface area (Å²) in [5, 5.41) is 28.9. The summed E-state index contributed by atoms with van der Waals surface area (Å²) >= 11 is 0. The highest BCUT2D eigenvalue weighted by Gasteiger charge is 2.08. The first kappa shape index (κ1) is 12.8. The van der Waals surface area contributed by atoms with Crippen molar-refractivity contribution in [3.8, 4) is 5.75 Å². The van der Waals surface area contributed by atoms with Gasteiger partial charge in [0.2, 0.25) is 0 Å². The highest BCUT2D eigenvalue weighted by molar-refractivity contribution is 5.68. The Morgan fingerprint density at radius 3 is 2.63 bits per heavy atom. The van der Waals surface area contributed by atoms with Crippen molar-refractivity contribution in [2.75, 3.05) is 19.0 Å². The van der Waals surface area contributed by atoms with Gasteiger partial charge in [-0.1, -0.05) is 6.07 Å². The van der Waals surface area contributed by atoms with Crippen LogP contribution in [0.1, 0.15) is 0 Å². The summed E-state index contributed by atoms with van der Waals surface area (Å²) in [4.78, 5) is 1.81. The van der Waals surface area contributed by atoms with Gasteiger partial charge in [-0.05, 0) is 23.3 Å². The van der Waals surface area contributed by atoms with E-state index in [1.807, 2.05) is 19.0 Å². The van der Waals surface area contributed by atoms with Gasteiger partial charge >= 0.3 is 5.82 Å². The minimum absolute atomic E-state index is 0.154. The molecule has 0 spiro atoms. The summed E-state index contributed by atoms with van der Waals surface area (Å²) in [6.45, 7) is 0. The number of aromatic nitrogens is 1. The van der Waals surface area contributed by atoms with E-state index in [1.165, 1.54) is 12.3 Å². The molecule has 0 atom stereocenters. The third-order valence-corrected chi connectivity index (χ3v) is 2.50. The van der Waals surface area contributed by atoms with Crippen molar-refractivity contribution >= 4 is 17.2 Å². The third kappa shape index (κ3) is 2.98. The number of anilines is 1. The predicted octanol–water partition coefficient (Wildman–Crippen LogP) is 2.51. The molecule has 0 aliphatic heterocycles. The first-order chi connectivity index (χ1) is 9.08. The number of nitrogens with zero attached hydrogens (tertiary/aromatic N) is 4. The quantitative estimate of drug-likeness (QED) is 0.522. The fraction of sp³-hybridized carbons (Fsp3) is 0.154. The van der Waals surface area contributed by atoms with E-state index in [0.717, 1.165) is 5.69 Å². The standard InChI is InChI=1S/C13H14N4O2/c1-16(2)12-9-10(18)6-7-11(12)14-15-13-5-3-4-8-17(13)19/h3-9,18H,1-2H3. The molecular formula is C13H14N4O2. The molecule has 0 saturated heterocycles. The van der Waals surface area contributed by atoms with Crippen LogP contribution >= 0.6 is 0 Å². The number of hydrogen-bond donors (Lipinski definition) is 1. The number of hydrogen-bond acceptors (Lipinski definition) is 5. The zero-order valence-electron chi connectivity index (χ0n) is 10.7. The Morgan fingerprint density at radius 1 is 1.16 bits per heavy atom. The maximum Gasteiger partial charge on any atom is 0.353 e. The van der Waals surface area contributed by atoms with Crippen LogP contribution in [0.15, 0.2) is 52.8 Å². The molecule has 0 unspecified atom stereocenters. The van der Waals surface area contributed by atoms with E-state index in [1.54, 1.807) is 30.3 Å². The summed E-state index contributed by atoms with van der Waals surface area (Å²) in [7, 11) is 3.67. The summed E-state index contributed by atoms with van der Waals surface area (Å²) in [5.41, 5.74) is 1.30. The van der Waals surface area contributed by atoms with Gasteiger partial charge in [-0.25, -0.2) is 4.73 Å². The molecule has 6 nitrogen and oxygen atoms in total. The summed E-state index contributed by atoms with van der Waals surface area (Å²) < 4.78 is 0.638. The lowest BCUT2D eigenvalue weighted by Crippen LogP contribution is -2.24. The van der Waals surface area contributed by atoms with Gasteiger partial charge in [0.25, 0.3) is 0 Å². The Morgan fingerprint density at radius 2 is 1.95 bits per heavy atom. The Labute approximate surface area is 110 Å². The first-order valence-corrected chi connectivity index (χ1v) is 5.68. The Balaban J connectivity index is 2.36. The zero-order chi connectivity index (χ0) is 13.8. The molecule has 19 heavy (non-hydrogen) atoms. The molecule has 2 aromatic rings. The Bertz CT molecular complexity index is 611. The van der Waals surface area contributed by atoms with Crippen molar-refractivity contribution in [2.24, 2.45) is 10.2 Å². The number of rotatable bonds is 3. The molecule has 0 aliphatic carbocycles. The van der Waals surface area contributed by atoms with E-state index >= 15 is 0 Å². The van der Waals surface area contributed by atoms with Crippen molar-refractivity contribution in [2.45, 2.75) is 0 Å². The van der Waals surface area contributed by atoms with Gasteiger partial charge in [-0.2, -0.15) is 0 Å². The van der Waals surface area contributed by atoms with Gasteiger partial charge in [-0.3, -0.25) is 0 Å². The Hall–Kier alpha value is -2.63. The average molecular weight is 258 g/mol. The summed E-state index contributed by atoms with van der Waals surface area (Å²) in [6, 6.07) is 9.67. The molecule has 1 aromatic heterocycles. The van der Waals surface area contributed by atoms with Crippen molar-refractivity contribution < 1.29 is 9.84 Å². The number of azo groups is 1. The first-order valence-electron chi connectivity index (χ1n) is 5.68. The molecule has 98 valence electrons. The molecule has 0 radical (unpaired) electrons. The second-order valence-electron chi connectivity index (χ2n) is 4.15. The molecule has 1 heterocycles. The number of pyridine rings is 1. The summed E-state index contributed by atoms with van der Waals surface area (Å²) in [5.74, 6) is 0.363. The Kier molecular flexibility index (Phi) is 3.61. The van der Waals surface area contributed by atoms with Gasteiger partial charge in [-0.15, -0.1) is 0 Å². The lowest BCUT2D eigenvalue weighted by Gasteiger charge is -2.13. The van der Waals surface area contributed by atoms with Gasteiger partial charge in [0.15, 0.2) is 0 Å². The molecule has 0 amide bonds. The number of phenolic OH excluding ortho intramolecular Hbond substituents is 1. The maximum absolute atomic E-state index is 11.4. The molecule has 1 aromatic carbocycles. The van der Waals surface area contributed by atoms with Crippen LogP contribution < -0.4 is 9.63 Å². The number of aromatic hydroxyl groups is 1. The van der Waals surface area contributed by atoms with Gasteiger partial charge in [0.05, 0.1) is 17.0 Å². The number of benzene rings is 1. The van der Waals surface area contributed by atoms with E-state index in [9.17, 15) is 10.3 Å². The van der Waals surface area contributed by atoms with Crippen molar-refractivity contribution in [1.29, 1.82) is 0 Å². The van der Waals surface area contributed by atoms with Crippen molar-refractivity contribution in [3.05, 3.63) is 47.8 Å². The minimum atomic E-state index is 0.154. The monoisotopic (exact) mass is 258 g/mol. The van der Waals surface area contributed by atoms with E-state index in [0.29, 0.717) is 10.4 Å². The SMILES string of the molecule is CN(C)c1cc(O)ccc1N=Nc1cccc[n+]1[O-]. The fourth-order valence-corrected chi connectivity index (χ4v) is 1.56. The van der Waals surface area contributed by atoms with Crippen LogP contribution in [0.4, 0.5) is 17.2 Å². The normalized spacial score (nSPS) is 10.8. The minimum Gasteiger partial charge on any atom is -0.710 e. The molecular weight excluding hydrogens is 244 g/mol. The molecule has 6 heteroatoms. The van der Waals surface area contributed by atoms with E-state index < -0.39 is 0 Å².